The molecule has 1 aromatic rings. The number of nitrogens with zero attached hydrogens (tertiary/aromatic N) is 1. The van der Waals surface area contributed by atoms with E-state index in [2.05, 4.69) is 15.9 Å². The molecule has 8 heteroatoms. The summed E-state index contributed by atoms with van der Waals surface area (Å²) in [6.07, 6.45) is -0.927. The van der Waals surface area contributed by atoms with Crippen molar-refractivity contribution in [2.24, 2.45) is 0 Å². The molecule has 5 nitrogen and oxygen atoms in total. The van der Waals surface area contributed by atoms with Crippen molar-refractivity contribution in [1.82, 2.24) is 4.31 Å². The highest BCUT2D eigenvalue weighted by atomic mass is 79.9. The molecule has 1 aromatic carbocycles. The topological polar surface area (TPSA) is 66.8 Å². The van der Waals surface area contributed by atoms with Crippen molar-refractivity contribution in [2.75, 3.05) is 27.3 Å². The third kappa shape index (κ3) is 4.22. The van der Waals surface area contributed by atoms with Crippen LogP contribution < -0.4 is 0 Å². The quantitative estimate of drug-likeness (QED) is 0.832. The number of ether oxygens (including phenoxy) is 1. The fraction of sp³-hybridized carbons (Fsp3) is 0.455. The fourth-order valence-electron chi connectivity index (χ4n) is 1.49. The summed E-state index contributed by atoms with van der Waals surface area (Å²) in [7, 11) is -1.05. The second-order valence-corrected chi connectivity index (χ2v) is 6.84. The summed E-state index contributed by atoms with van der Waals surface area (Å²) >= 11 is 3.02. The number of benzene rings is 1. The lowest BCUT2D eigenvalue weighted by atomic mass is 10.3. The molecular formula is C11H15BrFNO4S. The molecule has 1 unspecified atom stereocenters. The van der Waals surface area contributed by atoms with Crippen LogP contribution >= 0.6 is 15.9 Å². The van der Waals surface area contributed by atoms with Gasteiger partial charge in [-0.2, -0.15) is 4.31 Å². The Labute approximate surface area is 120 Å². The van der Waals surface area contributed by atoms with Gasteiger partial charge in [-0.25, -0.2) is 12.8 Å². The maximum Gasteiger partial charge on any atom is 0.244 e. The number of hydrogen-bond donors (Lipinski definition) is 1. The molecule has 0 bridgehead atoms. The molecular weight excluding hydrogens is 341 g/mol. The minimum Gasteiger partial charge on any atom is -0.389 e. The Morgan fingerprint density at radius 1 is 1.53 bits per heavy atom. The van der Waals surface area contributed by atoms with Crippen LogP contribution in [-0.2, 0) is 14.8 Å². The molecule has 0 saturated heterocycles. The van der Waals surface area contributed by atoms with E-state index in [9.17, 15) is 17.9 Å². The molecule has 0 spiro atoms. The van der Waals surface area contributed by atoms with E-state index in [1.807, 2.05) is 0 Å². The van der Waals surface area contributed by atoms with Gasteiger partial charge in [0.15, 0.2) is 0 Å². The van der Waals surface area contributed by atoms with E-state index in [4.69, 9.17) is 4.74 Å². The van der Waals surface area contributed by atoms with Crippen molar-refractivity contribution in [3.63, 3.8) is 0 Å². The van der Waals surface area contributed by atoms with E-state index in [0.29, 0.717) is 0 Å². The minimum atomic E-state index is -3.80. The monoisotopic (exact) mass is 355 g/mol. The maximum atomic E-state index is 13.0. The summed E-state index contributed by atoms with van der Waals surface area (Å²) in [5, 5.41) is 9.54. The fourth-order valence-corrected chi connectivity index (χ4v) is 3.71. The van der Waals surface area contributed by atoms with Crippen LogP contribution in [0.5, 0.6) is 0 Å². The lowest BCUT2D eigenvalue weighted by Gasteiger charge is -2.20. The minimum absolute atomic E-state index is 0.0322. The summed E-state index contributed by atoms with van der Waals surface area (Å²) in [6.45, 7) is -0.0789. The van der Waals surface area contributed by atoms with E-state index < -0.39 is 21.9 Å². The molecule has 0 aliphatic carbocycles. The van der Waals surface area contributed by atoms with Crippen LogP contribution in [0.2, 0.25) is 0 Å². The van der Waals surface area contributed by atoms with Gasteiger partial charge in [0.2, 0.25) is 10.0 Å². The summed E-state index contributed by atoms with van der Waals surface area (Å²) in [5.74, 6) is -0.534. The zero-order valence-corrected chi connectivity index (χ0v) is 12.9. The third-order valence-electron chi connectivity index (χ3n) is 2.41. The first-order valence-corrected chi connectivity index (χ1v) is 7.60. The number of rotatable bonds is 6. The number of likely N-dealkylation sites (N-methyl/N-ethyl adjacent to an activating group) is 1. The Bertz CT molecular complexity index is 537. The van der Waals surface area contributed by atoms with Crippen molar-refractivity contribution in [2.45, 2.75) is 11.0 Å². The van der Waals surface area contributed by atoms with Gasteiger partial charge < -0.3 is 9.84 Å². The first-order valence-electron chi connectivity index (χ1n) is 5.37. The van der Waals surface area contributed by atoms with E-state index in [0.717, 1.165) is 16.4 Å². The van der Waals surface area contributed by atoms with Crippen LogP contribution in [0.1, 0.15) is 0 Å². The molecule has 0 heterocycles. The first-order chi connectivity index (χ1) is 8.78. The zero-order chi connectivity index (χ0) is 14.6. The number of halogens is 2. The summed E-state index contributed by atoms with van der Waals surface area (Å²) in [5.41, 5.74) is 0. The molecule has 19 heavy (non-hydrogen) atoms. The molecule has 108 valence electrons. The van der Waals surface area contributed by atoms with Crippen molar-refractivity contribution >= 4 is 26.0 Å². The van der Waals surface area contributed by atoms with E-state index >= 15 is 0 Å². The van der Waals surface area contributed by atoms with Crippen molar-refractivity contribution < 1.29 is 22.7 Å². The van der Waals surface area contributed by atoms with Gasteiger partial charge in [0, 0.05) is 25.2 Å². The average molecular weight is 356 g/mol. The predicted octanol–water partition coefficient (Wildman–Crippen LogP) is 1.22. The highest BCUT2D eigenvalue weighted by Gasteiger charge is 2.25. The van der Waals surface area contributed by atoms with Crippen LogP contribution in [0.15, 0.2) is 27.6 Å². The zero-order valence-electron chi connectivity index (χ0n) is 10.5. The number of aliphatic hydroxyl groups excluding tert-OH is 1. The Balaban J connectivity index is 2.97. The van der Waals surface area contributed by atoms with Gasteiger partial charge in [0.25, 0.3) is 0 Å². The average Bonchev–Trinajstić information content (AvgIpc) is 2.28. The second kappa shape index (κ2) is 6.76. The molecule has 1 atom stereocenters. The van der Waals surface area contributed by atoms with Crippen molar-refractivity contribution in [3.05, 3.63) is 28.5 Å². The molecule has 1 rings (SSSR count). The summed E-state index contributed by atoms with van der Waals surface area (Å²) in [6, 6.07) is 3.32. The molecule has 0 aliphatic rings. The Kier molecular flexibility index (Phi) is 5.87. The van der Waals surface area contributed by atoms with Gasteiger partial charge in [0.05, 0.1) is 17.6 Å². The smallest absolute Gasteiger partial charge is 0.244 e. The summed E-state index contributed by atoms with van der Waals surface area (Å²) in [4.78, 5) is -0.0546. The Morgan fingerprint density at radius 2 is 2.16 bits per heavy atom. The van der Waals surface area contributed by atoms with Crippen LogP contribution in [0.25, 0.3) is 0 Å². The molecule has 0 fully saturated rings. The van der Waals surface area contributed by atoms with Crippen LogP contribution in [0.3, 0.4) is 0 Å². The van der Waals surface area contributed by atoms with Gasteiger partial charge in [-0.05, 0) is 34.1 Å². The van der Waals surface area contributed by atoms with Gasteiger partial charge in [-0.1, -0.05) is 0 Å². The van der Waals surface area contributed by atoms with Crippen LogP contribution in [-0.4, -0.2) is 51.2 Å². The highest BCUT2D eigenvalue weighted by Crippen LogP contribution is 2.25. The predicted molar refractivity (Wildman–Crippen MR) is 71.8 cm³/mol. The highest BCUT2D eigenvalue weighted by molar-refractivity contribution is 9.10. The lowest BCUT2D eigenvalue weighted by Crippen LogP contribution is -2.36. The molecule has 0 saturated carbocycles. The van der Waals surface area contributed by atoms with Crippen molar-refractivity contribution in [1.29, 1.82) is 0 Å². The molecule has 0 amide bonds. The number of methoxy groups -OCH3 is 1. The number of aliphatic hydroxyl groups is 1. The maximum absolute atomic E-state index is 13.0. The van der Waals surface area contributed by atoms with E-state index in [1.165, 1.54) is 20.2 Å². The Hall–Kier alpha value is -0.540. The lowest BCUT2D eigenvalue weighted by molar-refractivity contribution is 0.0554. The molecule has 0 aliphatic heterocycles. The number of hydrogen-bond acceptors (Lipinski definition) is 4. The van der Waals surface area contributed by atoms with Gasteiger partial charge in [0.1, 0.15) is 5.82 Å². The van der Waals surface area contributed by atoms with Gasteiger partial charge in [-0.3, -0.25) is 0 Å². The molecule has 0 radical (unpaired) electrons. The van der Waals surface area contributed by atoms with Crippen LogP contribution in [0.4, 0.5) is 4.39 Å². The second-order valence-electron chi connectivity index (χ2n) is 3.97. The van der Waals surface area contributed by atoms with Crippen LogP contribution in [0, 0.1) is 5.82 Å². The molecule has 1 N–H and O–H groups in total. The van der Waals surface area contributed by atoms with E-state index in [-0.39, 0.29) is 22.5 Å². The summed E-state index contributed by atoms with van der Waals surface area (Å²) < 4.78 is 43.3. The number of sulfonamides is 1. The van der Waals surface area contributed by atoms with E-state index in [1.54, 1.807) is 0 Å². The Morgan fingerprint density at radius 3 is 2.68 bits per heavy atom. The van der Waals surface area contributed by atoms with Gasteiger partial charge in [-0.15, -0.1) is 0 Å². The SMILES string of the molecule is COCC(O)CN(C)S(=O)(=O)c1ccc(F)cc1Br. The largest absolute Gasteiger partial charge is 0.389 e. The molecule has 0 aromatic heterocycles. The standard InChI is InChI=1S/C11H15BrFNO4S/c1-14(6-9(15)7-18-2)19(16,17)11-4-3-8(13)5-10(11)12/h3-5,9,15H,6-7H2,1-2H3. The van der Waals surface area contributed by atoms with Gasteiger partial charge >= 0.3 is 0 Å². The van der Waals surface area contributed by atoms with Crippen molar-refractivity contribution in [3.8, 4) is 0 Å². The normalized spacial score (nSPS) is 13.8. The third-order valence-corrected chi connectivity index (χ3v) is 5.21. The first kappa shape index (κ1) is 16.5.